The third kappa shape index (κ3) is 3.84. The van der Waals surface area contributed by atoms with Crippen molar-refractivity contribution in [1.82, 2.24) is 5.32 Å². The van der Waals surface area contributed by atoms with E-state index in [0.717, 1.165) is 12.8 Å². The zero-order valence-electron chi connectivity index (χ0n) is 10.4. The smallest absolute Gasteiger partial charge is 0.223 e. The molecule has 1 rings (SSSR count). The third-order valence-electron chi connectivity index (χ3n) is 3.61. The summed E-state index contributed by atoms with van der Waals surface area (Å²) in [5.74, 6) is 1.11. The van der Waals surface area contributed by atoms with Crippen LogP contribution in [-0.4, -0.2) is 11.9 Å². The molecule has 1 fully saturated rings. The van der Waals surface area contributed by atoms with Crippen LogP contribution in [0.3, 0.4) is 0 Å². The van der Waals surface area contributed by atoms with Crippen LogP contribution in [-0.2, 0) is 4.79 Å². The summed E-state index contributed by atoms with van der Waals surface area (Å²) in [5, 5.41) is 3.21. The molecule has 2 heteroatoms. The summed E-state index contributed by atoms with van der Waals surface area (Å²) in [6.07, 6.45) is 7.15. The zero-order valence-corrected chi connectivity index (χ0v) is 10.4. The fourth-order valence-electron chi connectivity index (χ4n) is 2.42. The molecule has 1 aliphatic carbocycles. The molecule has 0 heterocycles. The Labute approximate surface area is 93.8 Å². The summed E-state index contributed by atoms with van der Waals surface area (Å²) in [5.41, 5.74) is 0. The minimum absolute atomic E-state index is 0.184. The van der Waals surface area contributed by atoms with Gasteiger partial charge in [0.15, 0.2) is 0 Å². The Morgan fingerprint density at radius 2 is 2.07 bits per heavy atom. The van der Waals surface area contributed by atoms with Crippen molar-refractivity contribution in [3.8, 4) is 0 Å². The van der Waals surface area contributed by atoms with Crippen LogP contribution in [0.15, 0.2) is 0 Å². The van der Waals surface area contributed by atoms with Crippen molar-refractivity contribution in [2.45, 2.75) is 65.3 Å². The number of carbonyl (C=O) groups excluding carboxylic acids is 1. The highest BCUT2D eigenvalue weighted by Gasteiger charge is 2.24. The van der Waals surface area contributed by atoms with Gasteiger partial charge in [0, 0.05) is 12.0 Å². The van der Waals surface area contributed by atoms with Gasteiger partial charge < -0.3 is 5.32 Å². The lowest BCUT2D eigenvalue weighted by molar-refractivity contribution is -0.126. The molecule has 0 aromatic heterocycles. The second kappa shape index (κ2) is 6.14. The molecule has 0 saturated heterocycles. The Bertz CT molecular complexity index is 203. The highest BCUT2D eigenvalue weighted by Crippen LogP contribution is 2.24. The molecule has 0 bridgehead atoms. The van der Waals surface area contributed by atoms with Crippen molar-refractivity contribution in [2.75, 3.05) is 0 Å². The highest BCUT2D eigenvalue weighted by atomic mass is 16.1. The number of amides is 1. The first kappa shape index (κ1) is 12.5. The van der Waals surface area contributed by atoms with Crippen molar-refractivity contribution < 1.29 is 4.79 Å². The maximum atomic E-state index is 11.8. The first-order chi connectivity index (χ1) is 7.15. The van der Waals surface area contributed by atoms with Crippen LogP contribution in [0.4, 0.5) is 0 Å². The number of hydrogen-bond acceptors (Lipinski definition) is 1. The molecule has 1 amide bonds. The van der Waals surface area contributed by atoms with E-state index in [0.29, 0.717) is 12.0 Å². The van der Waals surface area contributed by atoms with Gasteiger partial charge in [-0.25, -0.2) is 0 Å². The Morgan fingerprint density at radius 3 is 2.67 bits per heavy atom. The van der Waals surface area contributed by atoms with Gasteiger partial charge in [-0.3, -0.25) is 4.79 Å². The Morgan fingerprint density at radius 1 is 1.40 bits per heavy atom. The molecule has 0 aromatic carbocycles. The molecule has 15 heavy (non-hydrogen) atoms. The quantitative estimate of drug-likeness (QED) is 0.760. The van der Waals surface area contributed by atoms with Crippen LogP contribution in [0, 0.1) is 11.8 Å². The molecular formula is C13H25NO. The molecule has 3 atom stereocenters. The van der Waals surface area contributed by atoms with Crippen LogP contribution in [0.2, 0.25) is 0 Å². The van der Waals surface area contributed by atoms with Crippen molar-refractivity contribution in [3.63, 3.8) is 0 Å². The average Bonchev–Trinajstić information content (AvgIpc) is 2.21. The van der Waals surface area contributed by atoms with Crippen molar-refractivity contribution in [3.05, 3.63) is 0 Å². The fraction of sp³-hybridized carbons (Fsp3) is 0.923. The number of rotatable bonds is 4. The average molecular weight is 211 g/mol. The Balaban J connectivity index is 2.35. The van der Waals surface area contributed by atoms with E-state index in [-0.39, 0.29) is 11.8 Å². The lowest BCUT2D eigenvalue weighted by atomic mass is 9.85. The summed E-state index contributed by atoms with van der Waals surface area (Å²) in [7, 11) is 0. The van der Waals surface area contributed by atoms with Crippen molar-refractivity contribution >= 4 is 5.91 Å². The molecular weight excluding hydrogens is 186 g/mol. The van der Waals surface area contributed by atoms with Crippen LogP contribution in [0.1, 0.15) is 59.3 Å². The third-order valence-corrected chi connectivity index (χ3v) is 3.61. The van der Waals surface area contributed by atoms with Gasteiger partial charge in [0.1, 0.15) is 0 Å². The Kier molecular flexibility index (Phi) is 5.13. The maximum Gasteiger partial charge on any atom is 0.223 e. The van der Waals surface area contributed by atoms with Crippen molar-refractivity contribution in [1.29, 1.82) is 0 Å². The Hall–Kier alpha value is -0.530. The van der Waals surface area contributed by atoms with E-state index in [1.165, 1.54) is 25.7 Å². The van der Waals surface area contributed by atoms with Crippen LogP contribution < -0.4 is 5.32 Å². The lowest BCUT2D eigenvalue weighted by Crippen LogP contribution is -2.43. The summed E-state index contributed by atoms with van der Waals surface area (Å²) in [6, 6.07) is 0.436. The minimum atomic E-state index is 0.184. The number of nitrogens with one attached hydrogen (secondary N) is 1. The van der Waals surface area contributed by atoms with Crippen molar-refractivity contribution in [2.24, 2.45) is 11.8 Å². The van der Waals surface area contributed by atoms with E-state index in [1.54, 1.807) is 0 Å². The van der Waals surface area contributed by atoms with E-state index in [2.05, 4.69) is 19.2 Å². The van der Waals surface area contributed by atoms with Gasteiger partial charge in [0.2, 0.25) is 5.91 Å². The normalized spacial score (nSPS) is 28.5. The van der Waals surface area contributed by atoms with E-state index < -0.39 is 0 Å². The zero-order chi connectivity index (χ0) is 11.3. The summed E-state index contributed by atoms with van der Waals surface area (Å²) in [4.78, 5) is 11.8. The van der Waals surface area contributed by atoms with Crippen LogP contribution in [0.5, 0.6) is 0 Å². The minimum Gasteiger partial charge on any atom is -0.353 e. The predicted octanol–water partition coefficient (Wildman–Crippen LogP) is 3.12. The molecule has 3 unspecified atom stereocenters. The summed E-state index contributed by atoms with van der Waals surface area (Å²) < 4.78 is 0. The SMILES string of the molecule is CCCC(C)C(=O)NC1CCCCC1C. The summed E-state index contributed by atoms with van der Waals surface area (Å²) >= 11 is 0. The van der Waals surface area contributed by atoms with E-state index in [1.807, 2.05) is 6.92 Å². The number of carbonyl (C=O) groups is 1. The molecule has 0 spiro atoms. The second-order valence-electron chi connectivity index (χ2n) is 5.07. The lowest BCUT2D eigenvalue weighted by Gasteiger charge is -2.30. The molecule has 0 aliphatic heterocycles. The molecule has 88 valence electrons. The molecule has 0 aromatic rings. The van der Waals surface area contributed by atoms with Gasteiger partial charge in [-0.05, 0) is 25.2 Å². The second-order valence-corrected chi connectivity index (χ2v) is 5.07. The molecule has 1 aliphatic rings. The first-order valence-corrected chi connectivity index (χ1v) is 6.45. The fourth-order valence-corrected chi connectivity index (χ4v) is 2.42. The van der Waals surface area contributed by atoms with Gasteiger partial charge >= 0.3 is 0 Å². The van der Waals surface area contributed by atoms with E-state index in [4.69, 9.17) is 0 Å². The monoisotopic (exact) mass is 211 g/mol. The van der Waals surface area contributed by atoms with Gasteiger partial charge in [-0.2, -0.15) is 0 Å². The van der Waals surface area contributed by atoms with E-state index >= 15 is 0 Å². The van der Waals surface area contributed by atoms with E-state index in [9.17, 15) is 4.79 Å². The standard InChI is InChI=1S/C13H25NO/c1-4-7-11(3)13(15)14-12-9-6-5-8-10(12)2/h10-12H,4-9H2,1-3H3,(H,14,15). The number of hydrogen-bond donors (Lipinski definition) is 1. The predicted molar refractivity (Wildman–Crippen MR) is 63.6 cm³/mol. The molecule has 1 saturated carbocycles. The summed E-state index contributed by atoms with van der Waals surface area (Å²) in [6.45, 7) is 6.42. The van der Waals surface area contributed by atoms with Gasteiger partial charge in [-0.1, -0.05) is 40.0 Å². The topological polar surface area (TPSA) is 29.1 Å². The molecule has 2 nitrogen and oxygen atoms in total. The van der Waals surface area contributed by atoms with Gasteiger partial charge in [0.25, 0.3) is 0 Å². The highest BCUT2D eigenvalue weighted by molar-refractivity contribution is 5.78. The maximum absolute atomic E-state index is 11.8. The molecule has 1 N–H and O–H groups in total. The van der Waals surface area contributed by atoms with Crippen LogP contribution in [0.25, 0.3) is 0 Å². The van der Waals surface area contributed by atoms with Crippen LogP contribution >= 0.6 is 0 Å². The van der Waals surface area contributed by atoms with Gasteiger partial charge in [-0.15, -0.1) is 0 Å². The molecule has 0 radical (unpaired) electrons. The largest absolute Gasteiger partial charge is 0.353 e. The first-order valence-electron chi connectivity index (χ1n) is 6.45. The van der Waals surface area contributed by atoms with Gasteiger partial charge in [0.05, 0.1) is 0 Å².